The Morgan fingerprint density at radius 2 is 1.97 bits per heavy atom. The zero-order chi connectivity index (χ0) is 23.8. The number of allylic oxidation sites excluding steroid dienone is 2. The highest BCUT2D eigenvalue weighted by molar-refractivity contribution is 5.96. The number of carbonyl (C=O) groups is 1. The first-order valence-corrected chi connectivity index (χ1v) is 11.6. The molecule has 0 bridgehead atoms. The minimum Gasteiger partial charge on any atom is -0.493 e. The summed E-state index contributed by atoms with van der Waals surface area (Å²) in [5.41, 5.74) is 4.35. The maximum atomic E-state index is 13.3. The van der Waals surface area contributed by atoms with Crippen molar-refractivity contribution in [3.05, 3.63) is 65.6 Å². The van der Waals surface area contributed by atoms with E-state index in [9.17, 15) is 9.18 Å². The summed E-state index contributed by atoms with van der Waals surface area (Å²) in [6.07, 6.45) is 5.26. The molecule has 33 heavy (non-hydrogen) atoms. The number of rotatable bonds is 8. The van der Waals surface area contributed by atoms with E-state index >= 15 is 0 Å². The average molecular weight is 452 g/mol. The molecule has 3 rings (SSSR count). The van der Waals surface area contributed by atoms with Crippen molar-refractivity contribution in [1.82, 2.24) is 0 Å². The molecule has 0 unspecified atom stereocenters. The average Bonchev–Trinajstić information content (AvgIpc) is 2.82. The van der Waals surface area contributed by atoms with Gasteiger partial charge in [-0.1, -0.05) is 13.0 Å². The number of hydrogen-bond acceptors (Lipinski definition) is 4. The molecule has 0 N–H and O–H groups in total. The Morgan fingerprint density at radius 1 is 1.21 bits per heavy atom. The Labute approximate surface area is 196 Å². The molecule has 0 spiro atoms. The van der Waals surface area contributed by atoms with E-state index in [-0.39, 0.29) is 5.82 Å². The molecule has 1 aliphatic rings. The molecule has 1 fully saturated rings. The van der Waals surface area contributed by atoms with Crippen molar-refractivity contribution < 1.29 is 13.9 Å². The molecule has 2 aromatic carbocycles. The van der Waals surface area contributed by atoms with Crippen LogP contribution in [0.15, 0.2) is 59.2 Å². The molecule has 0 saturated carbocycles. The number of aryl methyl sites for hydroxylation is 1. The number of ether oxygens (including phenoxy) is 1. The summed E-state index contributed by atoms with van der Waals surface area (Å²) in [6, 6.07) is 12.9. The fourth-order valence-corrected chi connectivity index (χ4v) is 4.14. The third kappa shape index (κ3) is 6.67. The van der Waals surface area contributed by atoms with Gasteiger partial charge in [-0.25, -0.2) is 9.38 Å². The predicted octanol–water partition coefficient (Wildman–Crippen LogP) is 5.64. The van der Waals surface area contributed by atoms with Gasteiger partial charge in [0.15, 0.2) is 0 Å². The number of amidine groups is 1. The number of aliphatic imine (C=N–C) groups is 1. The van der Waals surface area contributed by atoms with Crippen molar-refractivity contribution in [2.75, 3.05) is 36.5 Å². The number of carbonyl (C=O) groups excluding carboxylic acids is 1. The van der Waals surface area contributed by atoms with Gasteiger partial charge in [0, 0.05) is 43.3 Å². The molecule has 5 nitrogen and oxygen atoms in total. The number of anilines is 2. The van der Waals surface area contributed by atoms with Gasteiger partial charge in [-0.3, -0.25) is 4.79 Å². The molecule has 1 saturated heterocycles. The Hall–Kier alpha value is -3.15. The topological polar surface area (TPSA) is 45.1 Å². The van der Waals surface area contributed by atoms with E-state index in [4.69, 9.17) is 4.74 Å². The molecule has 0 radical (unpaired) electrons. The Morgan fingerprint density at radius 3 is 2.64 bits per heavy atom. The van der Waals surface area contributed by atoms with Crippen LogP contribution in [0.25, 0.3) is 0 Å². The number of hydrogen-bond donors (Lipinski definition) is 0. The minimum atomic E-state index is -0.266. The zero-order valence-corrected chi connectivity index (χ0v) is 20.1. The van der Waals surface area contributed by atoms with Crippen LogP contribution in [-0.4, -0.2) is 38.9 Å². The van der Waals surface area contributed by atoms with Gasteiger partial charge in [-0.05, 0) is 81.0 Å². The van der Waals surface area contributed by atoms with Gasteiger partial charge in [0.2, 0.25) is 0 Å². The monoisotopic (exact) mass is 451 g/mol. The number of piperidine rings is 1. The number of nitrogens with zero attached hydrogens (tertiary/aromatic N) is 3. The van der Waals surface area contributed by atoms with Crippen molar-refractivity contribution in [2.24, 2.45) is 10.9 Å². The summed E-state index contributed by atoms with van der Waals surface area (Å²) >= 11 is 0. The van der Waals surface area contributed by atoms with Gasteiger partial charge in [0.1, 0.15) is 23.7 Å². The quantitative estimate of drug-likeness (QED) is 0.225. The van der Waals surface area contributed by atoms with Gasteiger partial charge >= 0.3 is 0 Å². The lowest BCUT2D eigenvalue weighted by Gasteiger charge is -2.35. The van der Waals surface area contributed by atoms with E-state index in [0.717, 1.165) is 50.2 Å². The summed E-state index contributed by atoms with van der Waals surface area (Å²) in [5, 5.41) is 0. The summed E-state index contributed by atoms with van der Waals surface area (Å²) in [5.74, 6) is 1.64. The maximum Gasteiger partial charge on any atom is 0.144 e. The lowest BCUT2D eigenvalue weighted by Crippen LogP contribution is -2.36. The van der Waals surface area contributed by atoms with Crippen LogP contribution in [-0.2, 0) is 11.2 Å². The van der Waals surface area contributed by atoms with Crippen LogP contribution in [0, 0.1) is 11.7 Å². The maximum absolute atomic E-state index is 13.3. The van der Waals surface area contributed by atoms with E-state index < -0.39 is 0 Å². The molecule has 0 aromatic heterocycles. The summed E-state index contributed by atoms with van der Waals surface area (Å²) in [6.45, 7) is 8.53. The fraction of sp³-hybridized carbons (Fsp3) is 0.407. The third-order valence-corrected chi connectivity index (χ3v) is 6.20. The second kappa shape index (κ2) is 11.6. The van der Waals surface area contributed by atoms with E-state index in [0.29, 0.717) is 24.0 Å². The Bertz CT molecular complexity index is 1010. The Kier molecular flexibility index (Phi) is 8.64. The van der Waals surface area contributed by atoms with Crippen LogP contribution in [0.1, 0.15) is 39.2 Å². The summed E-state index contributed by atoms with van der Waals surface area (Å²) in [7, 11) is 1.99. The van der Waals surface area contributed by atoms with E-state index in [1.165, 1.54) is 29.5 Å². The lowest BCUT2D eigenvalue weighted by atomic mass is 9.96. The smallest absolute Gasteiger partial charge is 0.144 e. The van der Waals surface area contributed by atoms with Gasteiger partial charge < -0.3 is 14.5 Å². The molecule has 176 valence electrons. The summed E-state index contributed by atoms with van der Waals surface area (Å²) in [4.78, 5) is 19.7. The zero-order valence-electron chi connectivity index (χ0n) is 20.1. The first-order valence-electron chi connectivity index (χ1n) is 11.6. The van der Waals surface area contributed by atoms with Crippen LogP contribution in [0.3, 0.4) is 0 Å². The standard InChI is InChI=1S/C27H34FN3O2/c1-5-23-17-25(30(4)21(3)29-20(2)13-16-32)9-10-27(23)31-14-11-22(12-15-31)19-33-26-8-6-7-24(28)18-26/h6-10,13,16-18,22H,5,11-12,14-15,19H2,1-4H3/b20-13-,29-21-. The largest absolute Gasteiger partial charge is 0.493 e. The first kappa shape index (κ1) is 24.5. The van der Waals surface area contributed by atoms with Crippen molar-refractivity contribution in [1.29, 1.82) is 0 Å². The highest BCUT2D eigenvalue weighted by Gasteiger charge is 2.22. The third-order valence-electron chi connectivity index (χ3n) is 6.20. The number of aldehydes is 1. The van der Waals surface area contributed by atoms with Gasteiger partial charge in [0.25, 0.3) is 0 Å². The van der Waals surface area contributed by atoms with Gasteiger partial charge in [-0.2, -0.15) is 0 Å². The molecule has 2 aromatic rings. The molecule has 1 aliphatic heterocycles. The summed E-state index contributed by atoms with van der Waals surface area (Å²) < 4.78 is 19.2. The van der Waals surface area contributed by atoms with Crippen molar-refractivity contribution in [2.45, 2.75) is 40.0 Å². The van der Waals surface area contributed by atoms with E-state index in [2.05, 4.69) is 35.0 Å². The SMILES string of the molecule is CCc1cc(N(C)/C(C)=N\C(C)=C/C=O)ccc1N1CCC(COc2cccc(F)c2)CC1. The highest BCUT2D eigenvalue weighted by atomic mass is 19.1. The fourth-order valence-electron chi connectivity index (χ4n) is 4.14. The Balaban J connectivity index is 1.62. The van der Waals surface area contributed by atoms with Crippen molar-refractivity contribution in [3.8, 4) is 5.75 Å². The van der Waals surface area contributed by atoms with Gasteiger partial charge in [-0.15, -0.1) is 0 Å². The minimum absolute atomic E-state index is 0.266. The second-order valence-corrected chi connectivity index (χ2v) is 8.53. The van der Waals surface area contributed by atoms with Crippen molar-refractivity contribution >= 4 is 23.5 Å². The van der Waals surface area contributed by atoms with Crippen LogP contribution in [0.2, 0.25) is 0 Å². The molecular formula is C27H34FN3O2. The molecule has 0 amide bonds. The highest BCUT2D eigenvalue weighted by Crippen LogP contribution is 2.30. The molecule has 0 aliphatic carbocycles. The van der Waals surface area contributed by atoms with Crippen LogP contribution >= 0.6 is 0 Å². The molecule has 1 heterocycles. The first-order chi connectivity index (χ1) is 15.9. The van der Waals surface area contributed by atoms with Gasteiger partial charge in [0.05, 0.1) is 6.61 Å². The number of halogens is 1. The molecule has 0 atom stereocenters. The molecular weight excluding hydrogens is 417 g/mol. The van der Waals surface area contributed by atoms with Crippen LogP contribution in [0.4, 0.5) is 15.8 Å². The van der Waals surface area contributed by atoms with E-state index in [1.54, 1.807) is 12.1 Å². The van der Waals surface area contributed by atoms with E-state index in [1.807, 2.05) is 25.8 Å². The number of benzene rings is 2. The predicted molar refractivity (Wildman–Crippen MR) is 134 cm³/mol. The second-order valence-electron chi connectivity index (χ2n) is 8.53. The normalized spacial score (nSPS) is 15.5. The molecule has 6 heteroatoms. The van der Waals surface area contributed by atoms with Crippen LogP contribution < -0.4 is 14.5 Å². The van der Waals surface area contributed by atoms with Crippen LogP contribution in [0.5, 0.6) is 5.75 Å². The van der Waals surface area contributed by atoms with Crippen molar-refractivity contribution in [3.63, 3.8) is 0 Å². The lowest BCUT2D eigenvalue weighted by molar-refractivity contribution is -0.104.